The molecule has 0 aromatic rings. The number of ether oxygens (including phenoxy) is 2. The van der Waals surface area contributed by atoms with Crippen molar-refractivity contribution in [3.63, 3.8) is 0 Å². The van der Waals surface area contributed by atoms with E-state index in [-0.39, 0.29) is 29.3 Å². The number of fused-ring (bicyclic) bond motifs is 2. The van der Waals surface area contributed by atoms with Gasteiger partial charge < -0.3 is 19.9 Å². The van der Waals surface area contributed by atoms with Gasteiger partial charge in [-0.25, -0.2) is 0 Å². The number of rotatable bonds is 7. The second-order valence-corrected chi connectivity index (χ2v) is 8.16. The summed E-state index contributed by atoms with van der Waals surface area (Å²) in [6.07, 6.45) is 5.59. The van der Waals surface area contributed by atoms with Crippen LogP contribution >= 0.6 is 0 Å². The van der Waals surface area contributed by atoms with Crippen molar-refractivity contribution in [2.45, 2.75) is 58.7 Å². The lowest BCUT2D eigenvalue weighted by molar-refractivity contribution is -0.660. The molecular weight excluding hydrogens is 318 g/mol. The maximum Gasteiger partial charge on any atom is 0.315 e. The number of hydrogen-bond acceptors (Lipinski definition) is 4. The third-order valence-corrected chi connectivity index (χ3v) is 6.89. The number of aliphatic hydroxyl groups is 1. The lowest BCUT2D eigenvalue weighted by atomic mass is 9.55. The molecule has 5 nitrogen and oxygen atoms in total. The molecule has 0 aromatic heterocycles. The van der Waals surface area contributed by atoms with E-state index in [1.807, 2.05) is 6.92 Å². The summed E-state index contributed by atoms with van der Waals surface area (Å²) in [5.41, 5.74) is 1.09. The van der Waals surface area contributed by atoms with Crippen LogP contribution < -0.4 is 5.32 Å². The number of carbonyl (C=O) groups is 1. The van der Waals surface area contributed by atoms with Gasteiger partial charge in [-0.15, -0.1) is 0 Å². The van der Waals surface area contributed by atoms with Gasteiger partial charge in [0.2, 0.25) is 0 Å². The molecule has 0 amide bonds. The number of esters is 1. The molecule has 2 fully saturated rings. The van der Waals surface area contributed by atoms with E-state index < -0.39 is 6.10 Å². The lowest BCUT2D eigenvalue weighted by Gasteiger charge is -2.51. The Labute approximate surface area is 151 Å². The molecule has 5 heteroatoms. The van der Waals surface area contributed by atoms with Crippen molar-refractivity contribution in [2.75, 3.05) is 26.3 Å². The predicted molar refractivity (Wildman–Crippen MR) is 94.8 cm³/mol. The van der Waals surface area contributed by atoms with E-state index in [1.54, 1.807) is 0 Å². The van der Waals surface area contributed by atoms with Crippen LogP contribution in [0.4, 0.5) is 0 Å². The van der Waals surface area contributed by atoms with Gasteiger partial charge in [0.1, 0.15) is 12.0 Å². The maximum atomic E-state index is 12.4. The summed E-state index contributed by atoms with van der Waals surface area (Å²) < 4.78 is 11.0. The van der Waals surface area contributed by atoms with E-state index in [4.69, 9.17) is 9.47 Å². The smallest absolute Gasteiger partial charge is 0.315 e. The van der Waals surface area contributed by atoms with Gasteiger partial charge >= 0.3 is 5.97 Å². The second kappa shape index (κ2) is 7.77. The molecule has 1 saturated carbocycles. The summed E-state index contributed by atoms with van der Waals surface area (Å²) in [6, 6.07) is 0. The highest BCUT2D eigenvalue weighted by atomic mass is 16.6. The maximum absolute atomic E-state index is 12.4. The van der Waals surface area contributed by atoms with Crippen LogP contribution in [0.3, 0.4) is 0 Å². The molecule has 0 radical (unpaired) electrons. The Bertz CT molecular complexity index is 520. The first-order valence-electron chi connectivity index (χ1n) is 9.97. The van der Waals surface area contributed by atoms with E-state index in [1.165, 1.54) is 5.57 Å². The van der Waals surface area contributed by atoms with Gasteiger partial charge in [-0.3, -0.25) is 4.79 Å². The second-order valence-electron chi connectivity index (χ2n) is 8.16. The van der Waals surface area contributed by atoms with E-state index in [2.05, 4.69) is 25.2 Å². The third-order valence-electron chi connectivity index (χ3n) is 6.89. The molecule has 1 saturated heterocycles. The highest BCUT2D eigenvalue weighted by Gasteiger charge is 2.60. The average molecular weight is 352 g/mol. The first-order valence-corrected chi connectivity index (χ1v) is 9.97. The summed E-state index contributed by atoms with van der Waals surface area (Å²) in [6.45, 7) is 9.58. The molecule has 0 unspecified atom stereocenters. The SMILES string of the molecule is CCOCCC[NH2+]C[C@@H]1C(=O)O[C@H]2CC3=CCC[C@H](C)[C@]3(C)[C@@H](O)[C@@H]21. The fourth-order valence-corrected chi connectivity index (χ4v) is 5.10. The Morgan fingerprint density at radius 2 is 2.28 bits per heavy atom. The van der Waals surface area contributed by atoms with Crippen molar-refractivity contribution in [3.8, 4) is 0 Å². The quantitative estimate of drug-likeness (QED) is 0.411. The van der Waals surface area contributed by atoms with E-state index in [9.17, 15) is 9.90 Å². The molecule has 2 aliphatic carbocycles. The Balaban J connectivity index is 1.66. The molecule has 0 spiro atoms. The molecule has 1 heterocycles. The molecule has 0 bridgehead atoms. The fourth-order valence-electron chi connectivity index (χ4n) is 5.10. The van der Waals surface area contributed by atoms with Crippen LogP contribution in [0, 0.1) is 23.2 Å². The number of aliphatic hydroxyl groups excluding tert-OH is 1. The number of quaternary nitrogens is 1. The lowest BCUT2D eigenvalue weighted by Crippen LogP contribution is -2.86. The molecule has 3 aliphatic rings. The largest absolute Gasteiger partial charge is 0.461 e. The van der Waals surface area contributed by atoms with Gasteiger partial charge in [0.25, 0.3) is 0 Å². The summed E-state index contributed by atoms with van der Waals surface area (Å²) in [5.74, 6) is 0.0542. The zero-order valence-corrected chi connectivity index (χ0v) is 15.9. The van der Waals surface area contributed by atoms with Crippen LogP contribution in [0.5, 0.6) is 0 Å². The molecule has 3 N–H and O–H groups in total. The van der Waals surface area contributed by atoms with E-state index in [0.717, 1.165) is 45.4 Å². The van der Waals surface area contributed by atoms with Gasteiger partial charge in [-0.05, 0) is 25.7 Å². The van der Waals surface area contributed by atoms with Crippen LogP contribution in [-0.4, -0.2) is 49.6 Å². The standard InChI is InChI=1S/C20H33NO4/c1-4-24-10-6-9-21-12-15-17-16(25-19(15)23)11-14-8-5-7-13(2)20(14,3)18(17)22/h8,13,15-18,21-22H,4-7,9-12H2,1-3H3/p+1/t13-,15-,16-,17+,18-,20-/m0/s1. The zero-order chi connectivity index (χ0) is 18.0. The zero-order valence-electron chi connectivity index (χ0n) is 15.9. The van der Waals surface area contributed by atoms with Gasteiger partial charge in [0.15, 0.2) is 0 Å². The van der Waals surface area contributed by atoms with Crippen molar-refractivity contribution >= 4 is 5.97 Å². The van der Waals surface area contributed by atoms with Crippen molar-refractivity contribution in [1.82, 2.24) is 0 Å². The molecule has 6 atom stereocenters. The summed E-state index contributed by atoms with van der Waals surface area (Å²) in [7, 11) is 0. The van der Waals surface area contributed by atoms with Crippen molar-refractivity contribution in [1.29, 1.82) is 0 Å². The first kappa shape index (κ1) is 18.9. The topological polar surface area (TPSA) is 72.4 Å². The number of nitrogens with two attached hydrogens (primary N) is 1. The molecular formula is C20H34NO4+. The highest BCUT2D eigenvalue weighted by Crippen LogP contribution is 2.55. The van der Waals surface area contributed by atoms with Crippen LogP contribution in [-0.2, 0) is 14.3 Å². The fraction of sp³-hybridized carbons (Fsp3) is 0.850. The summed E-state index contributed by atoms with van der Waals surface area (Å²) >= 11 is 0. The Morgan fingerprint density at radius 1 is 1.48 bits per heavy atom. The Morgan fingerprint density at radius 3 is 3.04 bits per heavy atom. The van der Waals surface area contributed by atoms with E-state index in [0.29, 0.717) is 12.5 Å². The van der Waals surface area contributed by atoms with Crippen LogP contribution in [0.2, 0.25) is 0 Å². The first-order chi connectivity index (χ1) is 12.0. The number of allylic oxidation sites excluding steroid dienone is 1. The molecule has 1 aliphatic heterocycles. The molecule has 142 valence electrons. The van der Waals surface area contributed by atoms with Crippen LogP contribution in [0.1, 0.15) is 46.5 Å². The predicted octanol–water partition coefficient (Wildman–Crippen LogP) is 1.26. The number of carbonyl (C=O) groups excluding carboxylic acids is 1. The minimum absolute atomic E-state index is 0.0710. The Kier molecular flexibility index (Phi) is 5.86. The normalized spacial score (nSPS) is 40.2. The highest BCUT2D eigenvalue weighted by molar-refractivity contribution is 5.76. The van der Waals surface area contributed by atoms with Crippen LogP contribution in [0.15, 0.2) is 11.6 Å². The molecule has 25 heavy (non-hydrogen) atoms. The van der Waals surface area contributed by atoms with Crippen molar-refractivity contribution in [2.24, 2.45) is 23.2 Å². The monoisotopic (exact) mass is 352 g/mol. The minimum atomic E-state index is -0.499. The number of hydrogen-bond donors (Lipinski definition) is 2. The van der Waals surface area contributed by atoms with Crippen molar-refractivity contribution < 1.29 is 24.7 Å². The minimum Gasteiger partial charge on any atom is -0.461 e. The van der Waals surface area contributed by atoms with Gasteiger partial charge in [-0.1, -0.05) is 25.5 Å². The average Bonchev–Trinajstić information content (AvgIpc) is 2.89. The van der Waals surface area contributed by atoms with Crippen molar-refractivity contribution in [3.05, 3.63) is 11.6 Å². The van der Waals surface area contributed by atoms with Gasteiger partial charge in [0.05, 0.1) is 25.8 Å². The van der Waals surface area contributed by atoms with E-state index >= 15 is 0 Å². The van der Waals surface area contributed by atoms with Gasteiger partial charge in [0, 0.05) is 30.8 Å². The summed E-state index contributed by atoms with van der Waals surface area (Å²) in [5, 5.41) is 13.4. The molecule has 0 aromatic carbocycles. The van der Waals surface area contributed by atoms with Crippen LogP contribution in [0.25, 0.3) is 0 Å². The summed E-state index contributed by atoms with van der Waals surface area (Å²) in [4.78, 5) is 12.4. The Hall–Kier alpha value is -0.910. The molecule has 3 rings (SSSR count). The van der Waals surface area contributed by atoms with Gasteiger partial charge in [-0.2, -0.15) is 0 Å². The third kappa shape index (κ3) is 3.38.